The minimum absolute atomic E-state index is 0.207. The second kappa shape index (κ2) is 6.61. The number of carbonyl (C=O) groups is 2. The molecular formula is C16H14FNO2. The van der Waals surface area contributed by atoms with Gasteiger partial charge in [0, 0.05) is 12.1 Å². The highest BCUT2D eigenvalue weighted by atomic mass is 19.1. The first-order valence-corrected chi connectivity index (χ1v) is 6.24. The van der Waals surface area contributed by atoms with Crippen LogP contribution >= 0.6 is 0 Å². The van der Waals surface area contributed by atoms with Gasteiger partial charge in [-0.15, -0.1) is 0 Å². The maximum Gasteiger partial charge on any atom is 0.228 e. The standard InChI is InChI=1S/C16H14FNO2/c17-14-8-4-5-12(9-14)11-18-16(20)10-15(19)13-6-2-1-3-7-13/h1-9H,10-11H2,(H,18,20). The molecule has 4 heteroatoms. The average Bonchev–Trinajstić information content (AvgIpc) is 2.46. The first kappa shape index (κ1) is 13.9. The van der Waals surface area contributed by atoms with Gasteiger partial charge in [0.05, 0.1) is 6.42 Å². The topological polar surface area (TPSA) is 46.2 Å². The summed E-state index contributed by atoms with van der Waals surface area (Å²) in [4.78, 5) is 23.5. The summed E-state index contributed by atoms with van der Waals surface area (Å²) in [7, 11) is 0. The molecule has 102 valence electrons. The molecular weight excluding hydrogens is 257 g/mol. The molecule has 20 heavy (non-hydrogen) atoms. The molecule has 0 spiro atoms. The van der Waals surface area contributed by atoms with Crippen molar-refractivity contribution in [1.29, 1.82) is 0 Å². The molecule has 0 aliphatic rings. The molecule has 0 saturated carbocycles. The van der Waals surface area contributed by atoms with Gasteiger partial charge in [-0.3, -0.25) is 9.59 Å². The summed E-state index contributed by atoms with van der Waals surface area (Å²) >= 11 is 0. The zero-order chi connectivity index (χ0) is 14.4. The predicted molar refractivity (Wildman–Crippen MR) is 73.6 cm³/mol. The van der Waals surface area contributed by atoms with Gasteiger partial charge in [-0.2, -0.15) is 0 Å². The fourth-order valence-electron chi connectivity index (χ4n) is 1.78. The van der Waals surface area contributed by atoms with E-state index in [2.05, 4.69) is 5.32 Å². The molecule has 0 fully saturated rings. The number of hydrogen-bond acceptors (Lipinski definition) is 2. The lowest BCUT2D eigenvalue weighted by atomic mass is 10.1. The maximum atomic E-state index is 13.0. The van der Waals surface area contributed by atoms with Gasteiger partial charge in [0.15, 0.2) is 5.78 Å². The van der Waals surface area contributed by atoms with Crippen molar-refractivity contribution in [3.8, 4) is 0 Å². The zero-order valence-electron chi connectivity index (χ0n) is 10.8. The Kier molecular flexibility index (Phi) is 4.60. The Morgan fingerprint density at radius 2 is 1.75 bits per heavy atom. The van der Waals surface area contributed by atoms with Crippen LogP contribution in [0.15, 0.2) is 54.6 Å². The molecule has 0 unspecified atom stereocenters. The van der Waals surface area contributed by atoms with Crippen molar-refractivity contribution >= 4 is 11.7 Å². The Morgan fingerprint density at radius 1 is 1.00 bits per heavy atom. The first-order chi connectivity index (χ1) is 9.65. The van der Waals surface area contributed by atoms with Crippen LogP contribution in [-0.4, -0.2) is 11.7 Å². The van der Waals surface area contributed by atoms with Crippen LogP contribution in [0.2, 0.25) is 0 Å². The number of amides is 1. The van der Waals surface area contributed by atoms with Crippen molar-refractivity contribution in [3.63, 3.8) is 0 Å². The van der Waals surface area contributed by atoms with Crippen molar-refractivity contribution in [2.45, 2.75) is 13.0 Å². The van der Waals surface area contributed by atoms with E-state index in [0.29, 0.717) is 11.1 Å². The van der Waals surface area contributed by atoms with Crippen LogP contribution in [0.3, 0.4) is 0 Å². The number of nitrogens with one attached hydrogen (secondary N) is 1. The van der Waals surface area contributed by atoms with Gasteiger partial charge in [-0.25, -0.2) is 4.39 Å². The highest BCUT2D eigenvalue weighted by Crippen LogP contribution is 2.05. The number of rotatable bonds is 5. The van der Waals surface area contributed by atoms with Gasteiger partial charge in [0.25, 0.3) is 0 Å². The molecule has 0 atom stereocenters. The van der Waals surface area contributed by atoms with E-state index in [1.807, 2.05) is 0 Å². The Labute approximate surface area is 116 Å². The third-order valence-electron chi connectivity index (χ3n) is 2.80. The van der Waals surface area contributed by atoms with E-state index in [-0.39, 0.29) is 30.5 Å². The van der Waals surface area contributed by atoms with Crippen molar-refractivity contribution in [2.75, 3.05) is 0 Å². The van der Waals surface area contributed by atoms with E-state index in [1.165, 1.54) is 12.1 Å². The number of carbonyl (C=O) groups excluding carboxylic acids is 2. The van der Waals surface area contributed by atoms with Gasteiger partial charge in [-0.05, 0) is 17.7 Å². The summed E-state index contributed by atoms with van der Waals surface area (Å²) in [6.45, 7) is 0.207. The van der Waals surface area contributed by atoms with Crippen LogP contribution in [0.4, 0.5) is 4.39 Å². The minimum Gasteiger partial charge on any atom is -0.352 e. The Bertz CT molecular complexity index is 611. The molecule has 2 aromatic carbocycles. The molecule has 2 aromatic rings. The smallest absolute Gasteiger partial charge is 0.228 e. The molecule has 1 amide bonds. The molecule has 1 N–H and O–H groups in total. The van der Waals surface area contributed by atoms with Crippen LogP contribution in [0, 0.1) is 5.82 Å². The normalized spacial score (nSPS) is 10.1. The molecule has 2 rings (SSSR count). The Balaban J connectivity index is 1.85. The summed E-state index contributed by atoms with van der Waals surface area (Å²) in [5, 5.41) is 2.60. The quantitative estimate of drug-likeness (QED) is 0.671. The SMILES string of the molecule is O=C(CC(=O)c1ccccc1)NCc1cccc(F)c1. The molecule has 0 aliphatic carbocycles. The van der Waals surface area contributed by atoms with Crippen LogP contribution < -0.4 is 5.32 Å². The second-order valence-electron chi connectivity index (χ2n) is 4.37. The van der Waals surface area contributed by atoms with E-state index in [1.54, 1.807) is 42.5 Å². The molecule has 0 heterocycles. The van der Waals surface area contributed by atoms with Gasteiger partial charge in [-0.1, -0.05) is 42.5 Å². The molecule has 3 nitrogen and oxygen atoms in total. The summed E-state index contributed by atoms with van der Waals surface area (Å²) in [6.07, 6.45) is -0.209. The summed E-state index contributed by atoms with van der Waals surface area (Å²) in [5.41, 5.74) is 1.17. The number of halogens is 1. The molecule has 0 saturated heterocycles. The lowest BCUT2D eigenvalue weighted by Gasteiger charge is -2.05. The number of ketones is 1. The van der Waals surface area contributed by atoms with E-state index in [9.17, 15) is 14.0 Å². The highest BCUT2D eigenvalue weighted by molar-refractivity contribution is 6.07. The lowest BCUT2D eigenvalue weighted by molar-refractivity contribution is -0.120. The molecule has 0 aromatic heterocycles. The number of hydrogen-bond donors (Lipinski definition) is 1. The highest BCUT2D eigenvalue weighted by Gasteiger charge is 2.11. The summed E-state index contributed by atoms with van der Waals surface area (Å²) in [6, 6.07) is 14.6. The van der Waals surface area contributed by atoms with Crippen LogP contribution in [0.5, 0.6) is 0 Å². The van der Waals surface area contributed by atoms with Crippen LogP contribution in [-0.2, 0) is 11.3 Å². The van der Waals surface area contributed by atoms with Crippen molar-refractivity contribution in [3.05, 3.63) is 71.5 Å². The van der Waals surface area contributed by atoms with Crippen LogP contribution in [0.1, 0.15) is 22.3 Å². The summed E-state index contributed by atoms with van der Waals surface area (Å²) < 4.78 is 13.0. The maximum absolute atomic E-state index is 13.0. The van der Waals surface area contributed by atoms with E-state index >= 15 is 0 Å². The fraction of sp³-hybridized carbons (Fsp3) is 0.125. The predicted octanol–water partition coefficient (Wildman–Crippen LogP) is 2.71. The van der Waals surface area contributed by atoms with E-state index in [4.69, 9.17) is 0 Å². The monoisotopic (exact) mass is 271 g/mol. The largest absolute Gasteiger partial charge is 0.352 e. The van der Waals surface area contributed by atoms with Crippen molar-refractivity contribution < 1.29 is 14.0 Å². The Hall–Kier alpha value is -2.49. The van der Waals surface area contributed by atoms with Gasteiger partial charge < -0.3 is 5.32 Å². The van der Waals surface area contributed by atoms with Crippen molar-refractivity contribution in [2.24, 2.45) is 0 Å². The van der Waals surface area contributed by atoms with Gasteiger partial charge in [0.1, 0.15) is 5.82 Å². The Morgan fingerprint density at radius 3 is 2.45 bits per heavy atom. The van der Waals surface area contributed by atoms with Crippen LogP contribution in [0.25, 0.3) is 0 Å². The van der Waals surface area contributed by atoms with Crippen molar-refractivity contribution in [1.82, 2.24) is 5.32 Å². The fourth-order valence-corrected chi connectivity index (χ4v) is 1.78. The zero-order valence-corrected chi connectivity index (χ0v) is 10.8. The first-order valence-electron chi connectivity index (χ1n) is 6.24. The minimum atomic E-state index is -0.372. The van der Waals surface area contributed by atoms with E-state index in [0.717, 1.165) is 0 Å². The third-order valence-corrected chi connectivity index (χ3v) is 2.80. The summed E-state index contributed by atoms with van der Waals surface area (Å²) in [5.74, 6) is -0.956. The lowest BCUT2D eigenvalue weighted by Crippen LogP contribution is -2.25. The average molecular weight is 271 g/mol. The van der Waals surface area contributed by atoms with E-state index < -0.39 is 0 Å². The van der Waals surface area contributed by atoms with Gasteiger partial charge >= 0.3 is 0 Å². The molecule has 0 bridgehead atoms. The number of benzene rings is 2. The number of Topliss-reactive ketones (excluding diaryl/α,β-unsaturated/α-hetero) is 1. The molecule has 0 radical (unpaired) electrons. The third kappa shape index (κ3) is 4.02. The van der Waals surface area contributed by atoms with Gasteiger partial charge in [0.2, 0.25) is 5.91 Å². The molecule has 0 aliphatic heterocycles. The second-order valence-corrected chi connectivity index (χ2v) is 4.37.